The van der Waals surface area contributed by atoms with Crippen LogP contribution in [0.2, 0.25) is 0 Å². The molecule has 0 aromatic heterocycles. The van der Waals surface area contributed by atoms with Crippen LogP contribution in [-0.2, 0) is 14.8 Å². The number of nitrogen functional groups attached to an aromatic ring is 1. The quantitative estimate of drug-likeness (QED) is 0.613. The van der Waals surface area contributed by atoms with Crippen LogP contribution in [0.1, 0.15) is 12.5 Å². The third-order valence-electron chi connectivity index (χ3n) is 1.97. The predicted molar refractivity (Wildman–Crippen MR) is 67.5 cm³/mol. The fraction of sp³-hybridized carbons (Fsp3) is 0.182. The third-order valence-corrected chi connectivity index (χ3v) is 3.25. The van der Waals surface area contributed by atoms with E-state index in [-0.39, 0.29) is 5.75 Å². The Bertz CT molecular complexity index is 535. The van der Waals surface area contributed by atoms with Crippen LogP contribution in [0, 0.1) is 0 Å². The average Bonchev–Trinajstić information content (AvgIpc) is 2.26. The van der Waals surface area contributed by atoms with Crippen LogP contribution in [-0.4, -0.2) is 20.1 Å². The van der Waals surface area contributed by atoms with Crippen molar-refractivity contribution in [3.8, 4) is 0 Å². The Kier molecular flexibility index (Phi) is 4.28. The number of sulfonamides is 1. The number of hydrogen-bond acceptors (Lipinski definition) is 4. The summed E-state index contributed by atoms with van der Waals surface area (Å²) in [5.74, 6) is -0.806. The summed E-state index contributed by atoms with van der Waals surface area (Å²) in [6.45, 7) is 1.46. The van der Waals surface area contributed by atoms with Crippen molar-refractivity contribution in [3.63, 3.8) is 0 Å². The minimum Gasteiger partial charge on any atom is -0.399 e. The van der Waals surface area contributed by atoms with Gasteiger partial charge in [-0.3, -0.25) is 4.79 Å². The molecule has 0 spiro atoms. The SMILES string of the molecule is CCS(=O)(=O)NC(=O)/C=C/c1cccc(N)c1. The second kappa shape index (κ2) is 5.49. The Morgan fingerprint density at radius 3 is 2.76 bits per heavy atom. The number of nitrogens with two attached hydrogens (primary N) is 1. The van der Waals surface area contributed by atoms with Crippen LogP contribution in [0.15, 0.2) is 30.3 Å². The van der Waals surface area contributed by atoms with E-state index < -0.39 is 15.9 Å². The summed E-state index contributed by atoms with van der Waals surface area (Å²) >= 11 is 0. The van der Waals surface area contributed by atoms with Gasteiger partial charge in [-0.05, 0) is 30.7 Å². The maximum atomic E-state index is 11.3. The van der Waals surface area contributed by atoms with Gasteiger partial charge in [0.2, 0.25) is 10.0 Å². The lowest BCUT2D eigenvalue weighted by Crippen LogP contribution is -2.30. The summed E-state index contributed by atoms with van der Waals surface area (Å²) in [4.78, 5) is 11.3. The molecular formula is C11H14N2O3S. The van der Waals surface area contributed by atoms with E-state index in [0.717, 1.165) is 11.6 Å². The smallest absolute Gasteiger partial charge is 0.257 e. The van der Waals surface area contributed by atoms with Gasteiger partial charge < -0.3 is 5.73 Å². The molecule has 92 valence electrons. The molecule has 17 heavy (non-hydrogen) atoms. The molecule has 0 fully saturated rings. The van der Waals surface area contributed by atoms with E-state index in [4.69, 9.17) is 5.73 Å². The average molecular weight is 254 g/mol. The van der Waals surface area contributed by atoms with Gasteiger partial charge in [-0.1, -0.05) is 12.1 Å². The van der Waals surface area contributed by atoms with Crippen molar-refractivity contribution >= 4 is 27.7 Å². The van der Waals surface area contributed by atoms with Crippen LogP contribution in [0.3, 0.4) is 0 Å². The highest BCUT2D eigenvalue weighted by Crippen LogP contribution is 2.07. The Morgan fingerprint density at radius 2 is 2.18 bits per heavy atom. The molecule has 0 bridgehead atoms. The number of anilines is 1. The highest BCUT2D eigenvalue weighted by molar-refractivity contribution is 7.90. The first-order chi connectivity index (χ1) is 7.93. The monoisotopic (exact) mass is 254 g/mol. The molecule has 5 nitrogen and oxygen atoms in total. The van der Waals surface area contributed by atoms with Gasteiger partial charge in [-0.25, -0.2) is 13.1 Å². The number of benzene rings is 1. The minimum absolute atomic E-state index is 0.134. The molecule has 0 saturated heterocycles. The molecule has 0 aliphatic heterocycles. The van der Waals surface area contributed by atoms with Crippen molar-refractivity contribution in [1.29, 1.82) is 0 Å². The van der Waals surface area contributed by atoms with E-state index in [1.54, 1.807) is 24.3 Å². The summed E-state index contributed by atoms with van der Waals surface area (Å²) in [5, 5.41) is 0. The Balaban J connectivity index is 2.69. The van der Waals surface area contributed by atoms with E-state index >= 15 is 0 Å². The molecule has 1 aromatic rings. The first-order valence-electron chi connectivity index (χ1n) is 5.01. The van der Waals surface area contributed by atoms with Gasteiger partial charge in [0.25, 0.3) is 5.91 Å². The summed E-state index contributed by atoms with van der Waals surface area (Å²) < 4.78 is 24.1. The maximum absolute atomic E-state index is 11.3. The lowest BCUT2D eigenvalue weighted by atomic mass is 10.2. The summed E-state index contributed by atoms with van der Waals surface area (Å²) in [6.07, 6.45) is 2.65. The first kappa shape index (κ1) is 13.2. The summed E-state index contributed by atoms with van der Waals surface area (Å²) in [6, 6.07) is 6.90. The highest BCUT2D eigenvalue weighted by Gasteiger charge is 2.08. The van der Waals surface area contributed by atoms with E-state index in [1.807, 2.05) is 4.72 Å². The van der Waals surface area contributed by atoms with Crippen LogP contribution < -0.4 is 10.5 Å². The number of carbonyl (C=O) groups excluding carboxylic acids is 1. The molecule has 6 heteroatoms. The number of amides is 1. The highest BCUT2D eigenvalue weighted by atomic mass is 32.2. The van der Waals surface area contributed by atoms with Gasteiger partial charge in [0.1, 0.15) is 0 Å². The van der Waals surface area contributed by atoms with Crippen LogP contribution in [0.25, 0.3) is 6.08 Å². The van der Waals surface area contributed by atoms with Gasteiger partial charge in [0, 0.05) is 11.8 Å². The fourth-order valence-corrected chi connectivity index (χ4v) is 1.61. The normalized spacial score (nSPS) is 11.6. The van der Waals surface area contributed by atoms with Crippen LogP contribution >= 0.6 is 0 Å². The number of carbonyl (C=O) groups is 1. The van der Waals surface area contributed by atoms with E-state index in [2.05, 4.69) is 0 Å². The van der Waals surface area contributed by atoms with E-state index in [0.29, 0.717) is 5.69 Å². The second-order valence-electron chi connectivity index (χ2n) is 3.37. The number of nitrogens with one attached hydrogen (secondary N) is 1. The van der Waals surface area contributed by atoms with Crippen molar-refractivity contribution in [2.75, 3.05) is 11.5 Å². The molecule has 1 rings (SSSR count). The standard InChI is InChI=1S/C11H14N2O3S/c1-2-17(15,16)13-11(14)7-6-9-4-3-5-10(12)8-9/h3-8H,2,12H2,1H3,(H,13,14)/b7-6+. The van der Waals surface area contributed by atoms with Crippen molar-refractivity contribution in [1.82, 2.24) is 4.72 Å². The number of hydrogen-bond donors (Lipinski definition) is 2. The Hall–Kier alpha value is -1.82. The molecule has 0 heterocycles. The fourth-order valence-electron chi connectivity index (χ4n) is 1.09. The molecule has 0 unspecified atom stereocenters. The molecule has 3 N–H and O–H groups in total. The third kappa shape index (κ3) is 4.69. The van der Waals surface area contributed by atoms with Gasteiger partial charge in [-0.15, -0.1) is 0 Å². The lowest BCUT2D eigenvalue weighted by Gasteiger charge is -2.00. The lowest BCUT2D eigenvalue weighted by molar-refractivity contribution is -0.114. The zero-order valence-corrected chi connectivity index (χ0v) is 10.2. The Morgan fingerprint density at radius 1 is 1.47 bits per heavy atom. The van der Waals surface area contributed by atoms with Gasteiger partial charge in [0.15, 0.2) is 0 Å². The zero-order valence-electron chi connectivity index (χ0n) is 9.38. The predicted octanol–water partition coefficient (Wildman–Crippen LogP) is 0.748. The zero-order chi connectivity index (χ0) is 12.9. The summed E-state index contributed by atoms with van der Waals surface area (Å²) in [5.41, 5.74) is 6.87. The van der Waals surface area contributed by atoms with Crippen molar-refractivity contribution < 1.29 is 13.2 Å². The van der Waals surface area contributed by atoms with Crippen LogP contribution in [0.4, 0.5) is 5.69 Å². The molecule has 0 radical (unpaired) electrons. The van der Waals surface area contributed by atoms with Crippen molar-refractivity contribution in [2.45, 2.75) is 6.92 Å². The largest absolute Gasteiger partial charge is 0.399 e. The van der Waals surface area contributed by atoms with Crippen molar-refractivity contribution in [3.05, 3.63) is 35.9 Å². The van der Waals surface area contributed by atoms with Gasteiger partial charge in [0.05, 0.1) is 5.75 Å². The molecule has 1 aromatic carbocycles. The molecule has 0 saturated carbocycles. The molecule has 0 aliphatic rings. The molecular weight excluding hydrogens is 240 g/mol. The van der Waals surface area contributed by atoms with Gasteiger partial charge >= 0.3 is 0 Å². The number of rotatable bonds is 4. The van der Waals surface area contributed by atoms with Gasteiger partial charge in [-0.2, -0.15) is 0 Å². The summed E-state index contributed by atoms with van der Waals surface area (Å²) in [7, 11) is -3.51. The minimum atomic E-state index is -3.51. The molecule has 0 aliphatic carbocycles. The maximum Gasteiger partial charge on any atom is 0.257 e. The van der Waals surface area contributed by atoms with E-state index in [1.165, 1.54) is 13.0 Å². The van der Waals surface area contributed by atoms with Crippen molar-refractivity contribution in [2.24, 2.45) is 0 Å². The topological polar surface area (TPSA) is 89.3 Å². The molecule has 0 atom stereocenters. The Labute approximate surface area is 100 Å². The second-order valence-corrected chi connectivity index (χ2v) is 5.38. The van der Waals surface area contributed by atoms with Crippen LogP contribution in [0.5, 0.6) is 0 Å². The van der Waals surface area contributed by atoms with E-state index in [9.17, 15) is 13.2 Å². The first-order valence-corrected chi connectivity index (χ1v) is 6.66. The molecule has 1 amide bonds.